The van der Waals surface area contributed by atoms with Crippen LogP contribution in [-0.2, 0) is 9.59 Å². The number of allylic oxidation sites excluding steroid dienone is 2. The van der Waals surface area contributed by atoms with E-state index < -0.39 is 21.6 Å². The molecule has 2 nitrogen and oxygen atoms in total. The standard InChI is InChI=1S/C14H20Cl2O2/c1-12(2,3)14(13(4,5)6)10(16)9(17)7-8(15)11(14)18/h7,10H,1-6H3. The lowest BCUT2D eigenvalue weighted by Gasteiger charge is -2.55. The van der Waals surface area contributed by atoms with Gasteiger partial charge in [0.25, 0.3) is 0 Å². The van der Waals surface area contributed by atoms with Crippen LogP contribution in [0.3, 0.4) is 0 Å². The van der Waals surface area contributed by atoms with Crippen molar-refractivity contribution in [3.8, 4) is 0 Å². The van der Waals surface area contributed by atoms with Gasteiger partial charge in [0.2, 0.25) is 0 Å². The Labute approximate surface area is 119 Å². The quantitative estimate of drug-likeness (QED) is 0.633. The minimum Gasteiger partial charge on any atom is -0.293 e. The molecule has 1 rings (SSSR count). The molecule has 18 heavy (non-hydrogen) atoms. The van der Waals surface area contributed by atoms with E-state index in [9.17, 15) is 9.59 Å². The fraction of sp³-hybridized carbons (Fsp3) is 0.714. The summed E-state index contributed by atoms with van der Waals surface area (Å²) in [4.78, 5) is 24.7. The predicted octanol–water partition coefficient (Wildman–Crippen LogP) is 3.95. The first kappa shape index (κ1) is 15.7. The van der Waals surface area contributed by atoms with Gasteiger partial charge in [-0.25, -0.2) is 0 Å². The number of carbonyl (C=O) groups excluding carboxylic acids is 2. The highest BCUT2D eigenvalue weighted by atomic mass is 35.5. The van der Waals surface area contributed by atoms with Gasteiger partial charge >= 0.3 is 0 Å². The lowest BCUT2D eigenvalue weighted by Crippen LogP contribution is -2.61. The van der Waals surface area contributed by atoms with Crippen LogP contribution < -0.4 is 0 Å². The number of Topliss-reactive ketones (excluding diaryl/α,β-unsaturated/α-hetero) is 1. The van der Waals surface area contributed by atoms with Crippen LogP contribution in [0, 0.1) is 16.2 Å². The van der Waals surface area contributed by atoms with E-state index in [1.165, 1.54) is 0 Å². The van der Waals surface area contributed by atoms with Crippen molar-refractivity contribution >= 4 is 34.8 Å². The third-order valence-corrected chi connectivity index (χ3v) is 4.66. The number of carbonyl (C=O) groups is 2. The smallest absolute Gasteiger partial charge is 0.183 e. The van der Waals surface area contributed by atoms with Gasteiger partial charge in [-0.15, -0.1) is 11.6 Å². The number of rotatable bonds is 0. The zero-order valence-corrected chi connectivity index (χ0v) is 13.2. The van der Waals surface area contributed by atoms with Crippen molar-refractivity contribution in [2.45, 2.75) is 46.9 Å². The molecule has 0 radical (unpaired) electrons. The molecule has 0 bridgehead atoms. The molecule has 4 heteroatoms. The highest BCUT2D eigenvalue weighted by molar-refractivity contribution is 6.49. The summed E-state index contributed by atoms with van der Waals surface area (Å²) in [5.74, 6) is -0.519. The van der Waals surface area contributed by atoms with Crippen molar-refractivity contribution in [2.75, 3.05) is 0 Å². The van der Waals surface area contributed by atoms with E-state index in [4.69, 9.17) is 23.2 Å². The maximum Gasteiger partial charge on any atom is 0.183 e. The molecule has 0 N–H and O–H groups in total. The predicted molar refractivity (Wildman–Crippen MR) is 74.9 cm³/mol. The molecule has 0 saturated carbocycles. The Bertz CT molecular complexity index is 408. The number of hydrogen-bond donors (Lipinski definition) is 0. The molecule has 0 aromatic carbocycles. The summed E-state index contributed by atoms with van der Waals surface area (Å²) in [6.45, 7) is 11.5. The average molecular weight is 291 g/mol. The summed E-state index contributed by atoms with van der Waals surface area (Å²) in [5.41, 5.74) is -1.96. The topological polar surface area (TPSA) is 34.1 Å². The van der Waals surface area contributed by atoms with Crippen molar-refractivity contribution < 1.29 is 9.59 Å². The largest absolute Gasteiger partial charge is 0.293 e. The van der Waals surface area contributed by atoms with E-state index >= 15 is 0 Å². The third-order valence-electron chi connectivity index (χ3n) is 3.84. The van der Waals surface area contributed by atoms with E-state index in [1.54, 1.807) is 0 Å². The van der Waals surface area contributed by atoms with Gasteiger partial charge in [0.15, 0.2) is 11.6 Å². The Balaban J connectivity index is 3.68. The zero-order chi connectivity index (χ0) is 14.5. The lowest BCUT2D eigenvalue weighted by molar-refractivity contribution is -0.148. The molecule has 1 atom stereocenters. The van der Waals surface area contributed by atoms with E-state index in [-0.39, 0.29) is 16.6 Å². The fourth-order valence-corrected chi connectivity index (χ4v) is 4.42. The molecule has 0 heterocycles. The summed E-state index contributed by atoms with van der Waals surface area (Å²) < 4.78 is 0. The molecule has 0 spiro atoms. The average Bonchev–Trinajstić information content (AvgIpc) is 2.11. The molecule has 0 fully saturated rings. The van der Waals surface area contributed by atoms with E-state index in [0.717, 1.165) is 6.08 Å². The summed E-state index contributed by atoms with van der Waals surface area (Å²) in [5, 5.41) is -0.894. The summed E-state index contributed by atoms with van der Waals surface area (Å²) >= 11 is 12.3. The summed E-state index contributed by atoms with van der Waals surface area (Å²) in [7, 11) is 0. The third kappa shape index (κ3) is 1.94. The monoisotopic (exact) mass is 290 g/mol. The van der Waals surface area contributed by atoms with Crippen LogP contribution in [0.2, 0.25) is 0 Å². The summed E-state index contributed by atoms with van der Waals surface area (Å²) in [6.07, 6.45) is 1.15. The molecular formula is C14H20Cl2O2. The number of ketones is 2. The molecule has 0 amide bonds. The van der Waals surface area contributed by atoms with Gasteiger partial charge < -0.3 is 0 Å². The van der Waals surface area contributed by atoms with Gasteiger partial charge in [-0.1, -0.05) is 53.1 Å². The molecule has 1 unspecified atom stereocenters. The van der Waals surface area contributed by atoms with Gasteiger partial charge in [-0.2, -0.15) is 0 Å². The first-order valence-electron chi connectivity index (χ1n) is 5.97. The van der Waals surface area contributed by atoms with Gasteiger partial charge in [-0.05, 0) is 10.8 Å². The van der Waals surface area contributed by atoms with Crippen molar-refractivity contribution in [3.63, 3.8) is 0 Å². The van der Waals surface area contributed by atoms with Crippen molar-refractivity contribution in [1.82, 2.24) is 0 Å². The van der Waals surface area contributed by atoms with Crippen molar-refractivity contribution in [2.24, 2.45) is 16.2 Å². The molecule has 0 aromatic rings. The zero-order valence-electron chi connectivity index (χ0n) is 11.7. The minimum absolute atomic E-state index is 0.0123. The van der Waals surface area contributed by atoms with Crippen LogP contribution in [0.4, 0.5) is 0 Å². The molecule has 1 aliphatic rings. The van der Waals surface area contributed by atoms with E-state index in [1.807, 2.05) is 41.5 Å². The Morgan fingerprint density at radius 3 is 1.78 bits per heavy atom. The first-order chi connectivity index (χ1) is 7.87. The molecule has 102 valence electrons. The lowest BCUT2D eigenvalue weighted by atomic mass is 9.49. The maximum atomic E-state index is 12.7. The molecule has 1 aliphatic carbocycles. The van der Waals surface area contributed by atoms with E-state index in [2.05, 4.69) is 0 Å². The number of alkyl halides is 1. The van der Waals surface area contributed by atoms with Gasteiger partial charge in [0.05, 0.1) is 10.4 Å². The molecular weight excluding hydrogens is 271 g/mol. The van der Waals surface area contributed by atoms with Crippen molar-refractivity contribution in [1.29, 1.82) is 0 Å². The van der Waals surface area contributed by atoms with Gasteiger partial charge in [0, 0.05) is 6.08 Å². The van der Waals surface area contributed by atoms with Crippen molar-refractivity contribution in [3.05, 3.63) is 11.1 Å². The van der Waals surface area contributed by atoms with Gasteiger partial charge in [0.1, 0.15) is 5.38 Å². The molecule has 0 aliphatic heterocycles. The van der Waals surface area contributed by atoms with E-state index in [0.29, 0.717) is 0 Å². The summed E-state index contributed by atoms with van der Waals surface area (Å²) in [6, 6.07) is 0. The second kappa shape index (κ2) is 4.35. The Hall–Kier alpha value is -0.340. The first-order valence-corrected chi connectivity index (χ1v) is 6.78. The Morgan fingerprint density at radius 2 is 1.44 bits per heavy atom. The molecule has 0 aromatic heterocycles. The minimum atomic E-state index is -1.01. The number of halogens is 2. The number of hydrogen-bond acceptors (Lipinski definition) is 2. The molecule has 0 saturated heterocycles. The second-order valence-electron chi connectivity index (χ2n) is 6.89. The van der Waals surface area contributed by atoms with Crippen LogP contribution in [0.5, 0.6) is 0 Å². The normalized spacial score (nSPS) is 25.1. The highest BCUT2D eigenvalue weighted by Gasteiger charge is 2.63. The fourth-order valence-electron chi connectivity index (χ4n) is 3.35. The SMILES string of the molecule is CC(C)(C)C1(C(C)(C)C)C(=O)C(Cl)=CC(=O)C1Cl. The highest BCUT2D eigenvalue weighted by Crippen LogP contribution is 2.59. The Morgan fingerprint density at radius 1 is 1.06 bits per heavy atom. The van der Waals surface area contributed by atoms with Crippen LogP contribution in [-0.4, -0.2) is 16.9 Å². The Kier molecular flexibility index (Phi) is 3.79. The van der Waals surface area contributed by atoms with Crippen LogP contribution in [0.25, 0.3) is 0 Å². The van der Waals surface area contributed by atoms with Crippen LogP contribution in [0.15, 0.2) is 11.1 Å². The second-order valence-corrected chi connectivity index (χ2v) is 7.74. The van der Waals surface area contributed by atoms with Crippen LogP contribution >= 0.6 is 23.2 Å². The van der Waals surface area contributed by atoms with Gasteiger partial charge in [-0.3, -0.25) is 9.59 Å². The van der Waals surface area contributed by atoms with Crippen LogP contribution in [0.1, 0.15) is 41.5 Å². The maximum absolute atomic E-state index is 12.7.